The number of benzene rings is 1. The molecule has 1 atom stereocenters. The van der Waals surface area contributed by atoms with E-state index in [0.29, 0.717) is 30.1 Å². The molecule has 1 saturated heterocycles. The molecule has 1 aliphatic rings. The number of aryl methyl sites for hydroxylation is 1. The number of piperidine rings is 1. The van der Waals surface area contributed by atoms with Gasteiger partial charge in [-0.15, -0.1) is 5.10 Å². The van der Waals surface area contributed by atoms with Crippen LogP contribution < -0.4 is 5.76 Å². The summed E-state index contributed by atoms with van der Waals surface area (Å²) in [5.41, 5.74) is 2.46. The second-order valence-corrected chi connectivity index (χ2v) is 6.38. The average Bonchev–Trinajstić information content (AvgIpc) is 3.27. The smallest absolute Gasteiger partial charge is 0.434 e. The topological polar surface area (TPSA) is 92.3 Å². The summed E-state index contributed by atoms with van der Waals surface area (Å²) < 4.78 is 10.6. The largest absolute Gasteiger partial charge is 0.463 e. The molecule has 4 rings (SSSR count). The third-order valence-electron chi connectivity index (χ3n) is 4.79. The average molecular weight is 341 g/mol. The van der Waals surface area contributed by atoms with Crippen molar-refractivity contribution in [3.63, 3.8) is 0 Å². The Labute approximate surface area is 143 Å². The van der Waals surface area contributed by atoms with Crippen LogP contribution in [0.2, 0.25) is 0 Å². The fourth-order valence-electron chi connectivity index (χ4n) is 3.41. The maximum Gasteiger partial charge on any atom is 0.434 e. The first-order valence-electron chi connectivity index (χ1n) is 8.50. The number of carbonyl (C=O) groups excluding carboxylic acids is 1. The number of amides is 1. The van der Waals surface area contributed by atoms with E-state index >= 15 is 0 Å². The fourth-order valence-corrected chi connectivity index (χ4v) is 3.41. The standard InChI is InChI=1S/C18H19N3O4/c1-2-11-5-6-15-13(8-11)14(10-24-15)17(22)21-7-3-4-12(9-21)16-19-20-18(23)25-16/h5-6,8,10,12H,2-4,7,9H2,1H3,(H,20,23)/t12-/m0/s1. The van der Waals surface area contributed by atoms with E-state index in [1.165, 1.54) is 6.26 Å². The summed E-state index contributed by atoms with van der Waals surface area (Å²) in [6, 6.07) is 5.93. The second-order valence-electron chi connectivity index (χ2n) is 6.38. The molecule has 130 valence electrons. The number of likely N-dealkylation sites (tertiary alicyclic amines) is 1. The maximum atomic E-state index is 13.0. The lowest BCUT2D eigenvalue weighted by Crippen LogP contribution is -2.39. The summed E-state index contributed by atoms with van der Waals surface area (Å²) in [6.45, 7) is 3.23. The van der Waals surface area contributed by atoms with Crippen molar-refractivity contribution in [2.75, 3.05) is 13.1 Å². The Balaban J connectivity index is 1.61. The molecule has 0 bridgehead atoms. The van der Waals surface area contributed by atoms with Crippen LogP contribution in [0.5, 0.6) is 0 Å². The molecule has 0 spiro atoms. The van der Waals surface area contributed by atoms with Gasteiger partial charge in [-0.2, -0.15) is 0 Å². The normalized spacial score (nSPS) is 18.0. The Bertz CT molecular complexity index is 968. The van der Waals surface area contributed by atoms with Crippen molar-refractivity contribution in [1.29, 1.82) is 0 Å². The highest BCUT2D eigenvalue weighted by Gasteiger charge is 2.30. The molecule has 1 fully saturated rings. The monoisotopic (exact) mass is 341 g/mol. The molecule has 0 aliphatic carbocycles. The Morgan fingerprint density at radius 1 is 1.44 bits per heavy atom. The first-order chi connectivity index (χ1) is 12.2. The van der Waals surface area contributed by atoms with Crippen LogP contribution >= 0.6 is 0 Å². The van der Waals surface area contributed by atoms with E-state index in [4.69, 9.17) is 8.83 Å². The highest BCUT2D eigenvalue weighted by atomic mass is 16.4. The molecule has 0 unspecified atom stereocenters. The molecule has 2 aromatic heterocycles. The molecule has 1 aromatic carbocycles. The van der Waals surface area contributed by atoms with E-state index in [-0.39, 0.29) is 11.8 Å². The van der Waals surface area contributed by atoms with E-state index in [2.05, 4.69) is 17.1 Å². The Morgan fingerprint density at radius 2 is 2.32 bits per heavy atom. The summed E-state index contributed by atoms with van der Waals surface area (Å²) in [5, 5.41) is 7.04. The van der Waals surface area contributed by atoms with Gasteiger partial charge in [-0.3, -0.25) is 4.79 Å². The van der Waals surface area contributed by atoms with Crippen LogP contribution in [0.25, 0.3) is 11.0 Å². The van der Waals surface area contributed by atoms with Crippen LogP contribution in [0.3, 0.4) is 0 Å². The summed E-state index contributed by atoms with van der Waals surface area (Å²) in [4.78, 5) is 25.9. The molecule has 1 aliphatic heterocycles. The van der Waals surface area contributed by atoms with Gasteiger partial charge >= 0.3 is 5.76 Å². The van der Waals surface area contributed by atoms with Gasteiger partial charge in [-0.25, -0.2) is 9.89 Å². The van der Waals surface area contributed by atoms with Gasteiger partial charge in [0.15, 0.2) is 0 Å². The maximum absolute atomic E-state index is 13.0. The molecule has 3 heterocycles. The highest BCUT2D eigenvalue weighted by molar-refractivity contribution is 6.06. The van der Waals surface area contributed by atoms with Gasteiger partial charge < -0.3 is 13.7 Å². The van der Waals surface area contributed by atoms with Gasteiger partial charge in [0, 0.05) is 18.5 Å². The summed E-state index contributed by atoms with van der Waals surface area (Å²) in [7, 11) is 0. The van der Waals surface area contributed by atoms with Crippen LogP contribution in [0.15, 0.2) is 38.1 Å². The summed E-state index contributed by atoms with van der Waals surface area (Å²) in [5.74, 6) is -0.324. The Hall–Kier alpha value is -2.83. The number of fused-ring (bicyclic) bond motifs is 1. The summed E-state index contributed by atoms with van der Waals surface area (Å²) in [6.07, 6.45) is 4.11. The predicted octanol–water partition coefficient (Wildman–Crippen LogP) is 2.69. The zero-order valence-corrected chi connectivity index (χ0v) is 13.9. The molecule has 7 nitrogen and oxygen atoms in total. The van der Waals surface area contributed by atoms with Crippen LogP contribution in [0, 0.1) is 0 Å². The molecule has 3 aromatic rings. The number of hydrogen-bond acceptors (Lipinski definition) is 5. The Kier molecular flexibility index (Phi) is 3.91. The van der Waals surface area contributed by atoms with Gasteiger partial charge in [0.05, 0.1) is 11.5 Å². The number of aromatic amines is 1. The van der Waals surface area contributed by atoms with Gasteiger partial charge in [0.1, 0.15) is 11.8 Å². The van der Waals surface area contributed by atoms with Crippen molar-refractivity contribution < 1.29 is 13.6 Å². The SMILES string of the molecule is CCc1ccc2occ(C(=O)N3CCC[C@H](c4n[nH]c(=O)o4)C3)c2c1. The molecule has 0 radical (unpaired) electrons. The minimum Gasteiger partial charge on any atom is -0.463 e. The van der Waals surface area contributed by atoms with Crippen LogP contribution in [-0.4, -0.2) is 34.1 Å². The van der Waals surface area contributed by atoms with Crippen molar-refractivity contribution in [2.24, 2.45) is 0 Å². The predicted molar refractivity (Wildman–Crippen MR) is 90.6 cm³/mol. The molecular weight excluding hydrogens is 322 g/mol. The third-order valence-corrected chi connectivity index (χ3v) is 4.79. The van der Waals surface area contributed by atoms with E-state index in [1.807, 2.05) is 18.2 Å². The molecule has 7 heteroatoms. The molecule has 1 N–H and O–H groups in total. The Morgan fingerprint density at radius 3 is 3.08 bits per heavy atom. The van der Waals surface area contributed by atoms with Gasteiger partial charge in [0.2, 0.25) is 5.89 Å². The number of aromatic nitrogens is 2. The zero-order chi connectivity index (χ0) is 17.4. The molecule has 1 amide bonds. The lowest BCUT2D eigenvalue weighted by Gasteiger charge is -2.30. The van der Waals surface area contributed by atoms with Gasteiger partial charge in [0.25, 0.3) is 5.91 Å². The number of hydrogen-bond donors (Lipinski definition) is 1. The first-order valence-corrected chi connectivity index (χ1v) is 8.50. The first kappa shape index (κ1) is 15.7. The van der Waals surface area contributed by atoms with E-state index in [9.17, 15) is 9.59 Å². The van der Waals surface area contributed by atoms with Gasteiger partial charge in [-0.05, 0) is 37.0 Å². The van der Waals surface area contributed by atoms with Crippen molar-refractivity contribution >= 4 is 16.9 Å². The number of nitrogens with zero attached hydrogens (tertiary/aromatic N) is 2. The van der Waals surface area contributed by atoms with E-state index in [1.54, 1.807) is 4.90 Å². The quantitative estimate of drug-likeness (QED) is 0.791. The molecular formula is C18H19N3O4. The molecule has 25 heavy (non-hydrogen) atoms. The number of nitrogens with one attached hydrogen (secondary N) is 1. The van der Waals surface area contributed by atoms with E-state index < -0.39 is 5.76 Å². The van der Waals surface area contributed by atoms with Crippen LogP contribution in [0.4, 0.5) is 0 Å². The number of H-pyrrole nitrogens is 1. The number of carbonyl (C=O) groups is 1. The fraction of sp³-hybridized carbons (Fsp3) is 0.389. The lowest BCUT2D eigenvalue weighted by molar-refractivity contribution is 0.0698. The lowest BCUT2D eigenvalue weighted by atomic mass is 9.97. The number of furan rings is 1. The van der Waals surface area contributed by atoms with Crippen molar-refractivity contribution in [2.45, 2.75) is 32.1 Å². The molecule has 0 saturated carbocycles. The van der Waals surface area contributed by atoms with Crippen LogP contribution in [0.1, 0.15) is 47.5 Å². The van der Waals surface area contributed by atoms with E-state index in [0.717, 1.165) is 30.2 Å². The summed E-state index contributed by atoms with van der Waals surface area (Å²) >= 11 is 0. The minimum atomic E-state index is -0.564. The van der Waals surface area contributed by atoms with Crippen molar-refractivity contribution in [3.05, 3.63) is 52.0 Å². The van der Waals surface area contributed by atoms with Crippen molar-refractivity contribution in [1.82, 2.24) is 15.1 Å². The third kappa shape index (κ3) is 2.86. The van der Waals surface area contributed by atoms with Crippen LogP contribution in [-0.2, 0) is 6.42 Å². The second kappa shape index (κ2) is 6.23. The van der Waals surface area contributed by atoms with Crippen molar-refractivity contribution in [3.8, 4) is 0 Å². The number of rotatable bonds is 3. The highest BCUT2D eigenvalue weighted by Crippen LogP contribution is 2.29. The zero-order valence-electron chi connectivity index (χ0n) is 13.9. The minimum absolute atomic E-state index is 0.0606. The van der Waals surface area contributed by atoms with Gasteiger partial charge in [-0.1, -0.05) is 13.0 Å².